The van der Waals surface area contributed by atoms with Crippen molar-refractivity contribution in [1.29, 1.82) is 0 Å². The number of H-pyrrole nitrogens is 1. The number of nitrogens with zero attached hydrogens (tertiary/aromatic N) is 2. The number of aromatic amines is 1. The van der Waals surface area contributed by atoms with E-state index in [0.29, 0.717) is 17.9 Å². The average Bonchev–Trinajstić information content (AvgIpc) is 3.61. The molecule has 1 atom stereocenters. The third kappa shape index (κ3) is 4.03. The van der Waals surface area contributed by atoms with Crippen LogP contribution in [0.25, 0.3) is 11.4 Å². The second kappa shape index (κ2) is 8.95. The maximum absolute atomic E-state index is 6.63. The number of rotatable bonds is 6. The topological polar surface area (TPSA) is 53.2 Å². The number of nitrogens with one attached hydrogen (secondary N) is 2. The number of imidazole rings is 1. The van der Waals surface area contributed by atoms with E-state index in [1.165, 1.54) is 35.5 Å². The molecule has 5 nitrogen and oxygen atoms in total. The molecule has 2 aliphatic heterocycles. The normalized spacial score (nSPS) is 20.7. The van der Waals surface area contributed by atoms with Crippen molar-refractivity contribution < 1.29 is 4.74 Å². The van der Waals surface area contributed by atoms with Gasteiger partial charge in [-0.1, -0.05) is 24.8 Å². The number of allylic oxidation sites excluding steroid dienone is 1. The molecule has 176 valence electrons. The molecular weight excluding hydrogens is 420 g/mol. The van der Waals surface area contributed by atoms with Gasteiger partial charge in [-0.15, -0.1) is 0 Å². The lowest BCUT2D eigenvalue weighted by Gasteiger charge is -2.39. The van der Waals surface area contributed by atoms with Crippen molar-refractivity contribution in [2.45, 2.75) is 57.4 Å². The average molecular weight is 455 g/mol. The summed E-state index contributed by atoms with van der Waals surface area (Å²) in [6.07, 6.45) is 8.92. The smallest absolute Gasteiger partial charge is 0.143 e. The molecule has 5 heteroatoms. The summed E-state index contributed by atoms with van der Waals surface area (Å²) in [5.41, 5.74) is 6.04. The van der Waals surface area contributed by atoms with Gasteiger partial charge < -0.3 is 19.9 Å². The summed E-state index contributed by atoms with van der Waals surface area (Å²) in [6.45, 7) is 8.96. The van der Waals surface area contributed by atoms with Crippen LogP contribution >= 0.6 is 0 Å². The summed E-state index contributed by atoms with van der Waals surface area (Å²) < 4.78 is 6.63. The van der Waals surface area contributed by atoms with Crippen molar-refractivity contribution in [1.82, 2.24) is 15.3 Å². The number of piperidine rings is 1. The summed E-state index contributed by atoms with van der Waals surface area (Å²) in [4.78, 5) is 11.0. The van der Waals surface area contributed by atoms with Crippen molar-refractivity contribution >= 4 is 5.69 Å². The molecule has 1 saturated carbocycles. The summed E-state index contributed by atoms with van der Waals surface area (Å²) in [5, 5.41) is 3.46. The molecule has 2 N–H and O–H groups in total. The summed E-state index contributed by atoms with van der Waals surface area (Å²) >= 11 is 0. The first kappa shape index (κ1) is 21.5. The summed E-state index contributed by atoms with van der Waals surface area (Å²) in [5.74, 6) is 3.85. The number of aromatic nitrogens is 2. The number of para-hydroxylation sites is 1. The van der Waals surface area contributed by atoms with Crippen LogP contribution in [0.2, 0.25) is 0 Å². The molecular formula is C29H34N4O. The number of ether oxygens (including phenoxy) is 1. The molecule has 0 spiro atoms. The number of hydrogen-bond acceptors (Lipinski definition) is 4. The maximum atomic E-state index is 6.63. The Morgan fingerprint density at radius 3 is 2.59 bits per heavy atom. The highest BCUT2D eigenvalue weighted by molar-refractivity contribution is 5.76. The standard InChI is InChI=1S/C29H34N4O/c1-19-8-11-24-27(33(19)20(2)21-9-10-21)13-12-25(28(24)34-23-6-4-3-5-7-23)29-31-18-26(32-29)22-14-16-30-17-15-22/h3-7,12-13,18-19,21-22,30H,2,8-11,14-17H2,1H3,(H,31,32). The summed E-state index contributed by atoms with van der Waals surface area (Å²) in [6, 6.07) is 15.0. The highest BCUT2D eigenvalue weighted by atomic mass is 16.5. The first-order valence-electron chi connectivity index (χ1n) is 12.8. The van der Waals surface area contributed by atoms with Gasteiger partial charge in [0.15, 0.2) is 0 Å². The maximum Gasteiger partial charge on any atom is 0.143 e. The fourth-order valence-corrected chi connectivity index (χ4v) is 5.58. The Balaban J connectivity index is 1.43. The van der Waals surface area contributed by atoms with Gasteiger partial charge in [0.25, 0.3) is 0 Å². The molecule has 3 aromatic rings. The van der Waals surface area contributed by atoms with E-state index in [2.05, 4.69) is 40.8 Å². The number of hydrogen-bond donors (Lipinski definition) is 2. The van der Waals surface area contributed by atoms with Gasteiger partial charge in [-0.25, -0.2) is 4.98 Å². The van der Waals surface area contributed by atoms with Crippen LogP contribution in [0, 0.1) is 5.92 Å². The Labute approximate surface area is 202 Å². The molecule has 2 aromatic carbocycles. The van der Waals surface area contributed by atoms with E-state index >= 15 is 0 Å². The minimum Gasteiger partial charge on any atom is -0.456 e. The molecule has 1 aromatic heterocycles. The van der Waals surface area contributed by atoms with Crippen LogP contribution in [-0.4, -0.2) is 29.1 Å². The van der Waals surface area contributed by atoms with Crippen LogP contribution in [-0.2, 0) is 6.42 Å². The van der Waals surface area contributed by atoms with Crippen LogP contribution in [0.1, 0.15) is 56.2 Å². The van der Waals surface area contributed by atoms with Crippen LogP contribution in [0.5, 0.6) is 11.5 Å². The first-order chi connectivity index (χ1) is 16.7. The van der Waals surface area contributed by atoms with Gasteiger partial charge in [0.2, 0.25) is 0 Å². The lowest BCUT2D eigenvalue weighted by atomic mass is 9.92. The molecule has 1 saturated heterocycles. The zero-order chi connectivity index (χ0) is 23.1. The van der Waals surface area contributed by atoms with Crippen LogP contribution in [0.4, 0.5) is 5.69 Å². The minimum absolute atomic E-state index is 0.450. The Morgan fingerprint density at radius 1 is 1.03 bits per heavy atom. The molecule has 1 unspecified atom stereocenters. The molecule has 0 amide bonds. The first-order valence-corrected chi connectivity index (χ1v) is 12.8. The SMILES string of the molecule is C=C(C1CC1)N1c2ccc(-c3ncc(C4CCNCC4)[nH]3)c(Oc3ccccc3)c2CCC1C. The largest absolute Gasteiger partial charge is 0.456 e. The van der Waals surface area contributed by atoms with Gasteiger partial charge >= 0.3 is 0 Å². The molecule has 3 heterocycles. The van der Waals surface area contributed by atoms with Crippen LogP contribution < -0.4 is 15.0 Å². The Bertz CT molecular complexity index is 1170. The zero-order valence-electron chi connectivity index (χ0n) is 20.0. The van der Waals surface area contributed by atoms with E-state index in [0.717, 1.165) is 61.7 Å². The van der Waals surface area contributed by atoms with Crippen LogP contribution in [0.15, 0.2) is 60.9 Å². The molecule has 0 radical (unpaired) electrons. The lowest BCUT2D eigenvalue weighted by molar-refractivity contribution is 0.454. The number of fused-ring (bicyclic) bond motifs is 1. The fourth-order valence-electron chi connectivity index (χ4n) is 5.58. The Hall–Kier alpha value is -3.05. The minimum atomic E-state index is 0.450. The van der Waals surface area contributed by atoms with E-state index in [4.69, 9.17) is 9.72 Å². The van der Waals surface area contributed by atoms with Crippen molar-refractivity contribution in [2.24, 2.45) is 5.92 Å². The second-order valence-electron chi connectivity index (χ2n) is 10.1. The third-order valence-electron chi connectivity index (χ3n) is 7.70. The van der Waals surface area contributed by atoms with Gasteiger partial charge in [-0.05, 0) is 88.7 Å². The van der Waals surface area contributed by atoms with Crippen molar-refractivity contribution in [3.05, 3.63) is 72.2 Å². The Morgan fingerprint density at radius 2 is 1.82 bits per heavy atom. The van der Waals surface area contributed by atoms with Crippen molar-refractivity contribution in [2.75, 3.05) is 18.0 Å². The molecule has 0 bridgehead atoms. The molecule has 34 heavy (non-hydrogen) atoms. The molecule has 6 rings (SSSR count). The van der Waals surface area contributed by atoms with E-state index in [1.807, 2.05) is 36.5 Å². The predicted octanol–water partition coefficient (Wildman–Crippen LogP) is 6.40. The van der Waals surface area contributed by atoms with Gasteiger partial charge in [-0.3, -0.25) is 0 Å². The van der Waals surface area contributed by atoms with E-state index in [1.54, 1.807) is 0 Å². The number of anilines is 1. The van der Waals surface area contributed by atoms with Gasteiger partial charge in [0, 0.05) is 40.8 Å². The fraction of sp³-hybridized carbons (Fsp3) is 0.414. The highest BCUT2D eigenvalue weighted by Gasteiger charge is 2.35. The van der Waals surface area contributed by atoms with Crippen molar-refractivity contribution in [3.8, 4) is 22.9 Å². The summed E-state index contributed by atoms with van der Waals surface area (Å²) in [7, 11) is 0. The van der Waals surface area contributed by atoms with Crippen molar-refractivity contribution in [3.63, 3.8) is 0 Å². The Kier molecular flexibility index (Phi) is 5.66. The van der Waals surface area contributed by atoms with Gasteiger partial charge in [0.05, 0.1) is 5.56 Å². The second-order valence-corrected chi connectivity index (χ2v) is 10.1. The molecule has 3 aliphatic rings. The van der Waals surface area contributed by atoms with Crippen LogP contribution in [0.3, 0.4) is 0 Å². The highest BCUT2D eigenvalue weighted by Crippen LogP contribution is 2.48. The lowest BCUT2D eigenvalue weighted by Crippen LogP contribution is -2.37. The van der Waals surface area contributed by atoms with E-state index in [-0.39, 0.29) is 0 Å². The third-order valence-corrected chi connectivity index (χ3v) is 7.70. The monoisotopic (exact) mass is 454 g/mol. The van der Waals surface area contributed by atoms with Gasteiger partial charge in [-0.2, -0.15) is 0 Å². The number of benzene rings is 2. The van der Waals surface area contributed by atoms with Gasteiger partial charge in [0.1, 0.15) is 17.3 Å². The zero-order valence-corrected chi connectivity index (χ0v) is 20.0. The van der Waals surface area contributed by atoms with E-state index < -0.39 is 0 Å². The molecule has 2 fully saturated rings. The van der Waals surface area contributed by atoms with E-state index in [9.17, 15) is 0 Å². The molecule has 1 aliphatic carbocycles. The quantitative estimate of drug-likeness (QED) is 0.452. The predicted molar refractivity (Wildman–Crippen MR) is 138 cm³/mol.